The first-order chi connectivity index (χ1) is 5.02. The minimum Gasteiger partial charge on any atom is -0.303 e. The fourth-order valence-electron chi connectivity index (χ4n) is 0.957. The Morgan fingerprint density at radius 3 is 2.36 bits per heavy atom. The standard InChI is InChI=1S/C9H16O2/c1-4-8(11)7-9(2,3)5-6-10/h6H,4-5,7H2,1-3H3. The average Bonchev–Trinajstić information content (AvgIpc) is 1.86. The molecule has 0 aromatic rings. The van der Waals surface area contributed by atoms with E-state index in [1.54, 1.807) is 0 Å². The fourth-order valence-corrected chi connectivity index (χ4v) is 0.957. The monoisotopic (exact) mass is 156 g/mol. The molecule has 0 unspecified atom stereocenters. The molecule has 0 saturated heterocycles. The van der Waals surface area contributed by atoms with E-state index in [9.17, 15) is 9.59 Å². The lowest BCUT2D eigenvalue weighted by molar-refractivity contribution is -0.121. The molecule has 0 N–H and O–H groups in total. The van der Waals surface area contributed by atoms with Crippen LogP contribution in [0, 0.1) is 5.41 Å². The first kappa shape index (κ1) is 10.3. The van der Waals surface area contributed by atoms with Crippen molar-refractivity contribution in [3.63, 3.8) is 0 Å². The lowest BCUT2D eigenvalue weighted by Crippen LogP contribution is -2.16. The topological polar surface area (TPSA) is 34.1 Å². The van der Waals surface area contributed by atoms with Crippen LogP contribution in [0.25, 0.3) is 0 Å². The van der Waals surface area contributed by atoms with Gasteiger partial charge < -0.3 is 4.79 Å². The second-order valence-electron chi connectivity index (χ2n) is 3.60. The number of rotatable bonds is 5. The summed E-state index contributed by atoms with van der Waals surface area (Å²) in [5.41, 5.74) is -0.144. The Bertz CT molecular complexity index is 148. The quantitative estimate of drug-likeness (QED) is 0.570. The molecule has 0 rings (SSSR count). The Hall–Kier alpha value is -0.660. The van der Waals surface area contributed by atoms with E-state index in [1.807, 2.05) is 20.8 Å². The zero-order valence-electron chi connectivity index (χ0n) is 7.52. The predicted molar refractivity (Wildman–Crippen MR) is 44.4 cm³/mol. The minimum atomic E-state index is -0.144. The van der Waals surface area contributed by atoms with Crippen LogP contribution < -0.4 is 0 Å². The number of carbonyl (C=O) groups is 2. The van der Waals surface area contributed by atoms with Crippen molar-refractivity contribution in [1.82, 2.24) is 0 Å². The van der Waals surface area contributed by atoms with E-state index in [-0.39, 0.29) is 11.2 Å². The van der Waals surface area contributed by atoms with Crippen LogP contribution in [-0.2, 0) is 9.59 Å². The van der Waals surface area contributed by atoms with E-state index in [1.165, 1.54) is 0 Å². The van der Waals surface area contributed by atoms with Crippen LogP contribution in [0.2, 0.25) is 0 Å². The van der Waals surface area contributed by atoms with Crippen molar-refractivity contribution in [2.75, 3.05) is 0 Å². The van der Waals surface area contributed by atoms with Crippen molar-refractivity contribution < 1.29 is 9.59 Å². The van der Waals surface area contributed by atoms with Gasteiger partial charge in [0.05, 0.1) is 0 Å². The number of carbonyl (C=O) groups excluding carboxylic acids is 2. The summed E-state index contributed by atoms with van der Waals surface area (Å²) in [6.07, 6.45) is 2.44. The second kappa shape index (κ2) is 4.27. The van der Waals surface area contributed by atoms with Crippen LogP contribution in [0.1, 0.15) is 40.0 Å². The Morgan fingerprint density at radius 1 is 1.45 bits per heavy atom. The molecule has 0 atom stereocenters. The van der Waals surface area contributed by atoms with Crippen molar-refractivity contribution in [3.05, 3.63) is 0 Å². The molecule has 64 valence electrons. The molecule has 0 fully saturated rings. The molecule has 0 aliphatic heterocycles. The normalized spacial score (nSPS) is 11.2. The van der Waals surface area contributed by atoms with Crippen LogP contribution >= 0.6 is 0 Å². The summed E-state index contributed by atoms with van der Waals surface area (Å²) in [6, 6.07) is 0. The lowest BCUT2D eigenvalue weighted by atomic mass is 9.84. The van der Waals surface area contributed by atoms with Crippen LogP contribution in [0.5, 0.6) is 0 Å². The first-order valence-corrected chi connectivity index (χ1v) is 3.97. The maximum absolute atomic E-state index is 11.0. The van der Waals surface area contributed by atoms with E-state index in [0.29, 0.717) is 19.3 Å². The van der Waals surface area contributed by atoms with Gasteiger partial charge in [0.25, 0.3) is 0 Å². The van der Waals surface area contributed by atoms with Gasteiger partial charge in [0, 0.05) is 19.3 Å². The summed E-state index contributed by atoms with van der Waals surface area (Å²) < 4.78 is 0. The molecule has 0 heterocycles. The van der Waals surface area contributed by atoms with Crippen molar-refractivity contribution in [1.29, 1.82) is 0 Å². The van der Waals surface area contributed by atoms with E-state index in [4.69, 9.17) is 0 Å². The van der Waals surface area contributed by atoms with Crippen LogP contribution in [0.4, 0.5) is 0 Å². The van der Waals surface area contributed by atoms with Crippen LogP contribution in [0.3, 0.4) is 0 Å². The third-order valence-electron chi connectivity index (χ3n) is 1.71. The summed E-state index contributed by atoms with van der Waals surface area (Å²) in [7, 11) is 0. The molecule has 0 aliphatic rings. The summed E-state index contributed by atoms with van der Waals surface area (Å²) >= 11 is 0. The maximum Gasteiger partial charge on any atom is 0.133 e. The minimum absolute atomic E-state index is 0.144. The van der Waals surface area contributed by atoms with E-state index < -0.39 is 0 Å². The largest absolute Gasteiger partial charge is 0.303 e. The first-order valence-electron chi connectivity index (χ1n) is 3.97. The number of aldehydes is 1. The van der Waals surface area contributed by atoms with Gasteiger partial charge in [-0.05, 0) is 5.41 Å². The number of Topliss-reactive ketones (excluding diaryl/α,β-unsaturated/α-hetero) is 1. The highest BCUT2D eigenvalue weighted by Gasteiger charge is 2.19. The zero-order chi connectivity index (χ0) is 8.91. The third-order valence-corrected chi connectivity index (χ3v) is 1.71. The van der Waals surface area contributed by atoms with E-state index in [2.05, 4.69) is 0 Å². The fraction of sp³-hybridized carbons (Fsp3) is 0.778. The predicted octanol–water partition coefficient (Wildman–Crippen LogP) is 1.97. The highest BCUT2D eigenvalue weighted by molar-refractivity contribution is 5.79. The van der Waals surface area contributed by atoms with Crippen molar-refractivity contribution in [3.8, 4) is 0 Å². The van der Waals surface area contributed by atoms with Gasteiger partial charge in [-0.1, -0.05) is 20.8 Å². The summed E-state index contributed by atoms with van der Waals surface area (Å²) in [5.74, 6) is 0.233. The number of hydrogen-bond donors (Lipinski definition) is 0. The van der Waals surface area contributed by atoms with Gasteiger partial charge in [0.15, 0.2) is 0 Å². The molecule has 0 bridgehead atoms. The van der Waals surface area contributed by atoms with Gasteiger partial charge in [-0.3, -0.25) is 4.79 Å². The molecule has 0 saturated carbocycles. The van der Waals surface area contributed by atoms with E-state index in [0.717, 1.165) is 6.29 Å². The number of ketones is 1. The van der Waals surface area contributed by atoms with Crippen LogP contribution in [0.15, 0.2) is 0 Å². The third kappa shape index (κ3) is 4.71. The van der Waals surface area contributed by atoms with Gasteiger partial charge in [-0.15, -0.1) is 0 Å². The van der Waals surface area contributed by atoms with E-state index >= 15 is 0 Å². The Balaban J connectivity index is 3.89. The molecule has 0 aromatic carbocycles. The van der Waals surface area contributed by atoms with Gasteiger partial charge in [-0.2, -0.15) is 0 Å². The lowest BCUT2D eigenvalue weighted by Gasteiger charge is -2.19. The van der Waals surface area contributed by atoms with Crippen molar-refractivity contribution in [2.24, 2.45) is 5.41 Å². The van der Waals surface area contributed by atoms with Gasteiger partial charge >= 0.3 is 0 Å². The summed E-state index contributed by atoms with van der Waals surface area (Å²) in [5, 5.41) is 0. The molecule has 0 radical (unpaired) electrons. The van der Waals surface area contributed by atoms with Gasteiger partial charge in [-0.25, -0.2) is 0 Å². The van der Waals surface area contributed by atoms with Crippen molar-refractivity contribution in [2.45, 2.75) is 40.0 Å². The van der Waals surface area contributed by atoms with Crippen molar-refractivity contribution >= 4 is 12.1 Å². The zero-order valence-corrected chi connectivity index (χ0v) is 7.52. The Kier molecular flexibility index (Phi) is 4.01. The average molecular weight is 156 g/mol. The molecule has 2 heteroatoms. The van der Waals surface area contributed by atoms with Gasteiger partial charge in [0.2, 0.25) is 0 Å². The highest BCUT2D eigenvalue weighted by atomic mass is 16.1. The molecule has 0 spiro atoms. The SMILES string of the molecule is CCC(=O)CC(C)(C)CC=O. The number of hydrogen-bond acceptors (Lipinski definition) is 2. The smallest absolute Gasteiger partial charge is 0.133 e. The van der Waals surface area contributed by atoms with Gasteiger partial charge in [0.1, 0.15) is 12.1 Å². The summed E-state index contributed by atoms with van der Waals surface area (Å²) in [4.78, 5) is 21.2. The second-order valence-corrected chi connectivity index (χ2v) is 3.60. The molecule has 0 aliphatic carbocycles. The van der Waals surface area contributed by atoms with Crippen LogP contribution in [-0.4, -0.2) is 12.1 Å². The molecular formula is C9H16O2. The molecule has 0 amide bonds. The molecular weight excluding hydrogens is 140 g/mol. The summed E-state index contributed by atoms with van der Waals surface area (Å²) in [6.45, 7) is 5.73. The maximum atomic E-state index is 11.0. The molecule has 11 heavy (non-hydrogen) atoms. The Morgan fingerprint density at radius 2 is 2.00 bits per heavy atom. The molecule has 2 nitrogen and oxygen atoms in total. The Labute approximate surface area is 68.0 Å². The molecule has 0 aromatic heterocycles. The highest BCUT2D eigenvalue weighted by Crippen LogP contribution is 2.24.